The summed E-state index contributed by atoms with van der Waals surface area (Å²) in [5.41, 5.74) is 1.40. The first-order chi connectivity index (χ1) is 9.93. The van der Waals surface area contributed by atoms with E-state index < -0.39 is 17.7 Å². The van der Waals surface area contributed by atoms with Crippen LogP contribution in [-0.2, 0) is 0 Å². The second-order valence-electron chi connectivity index (χ2n) is 4.79. The molecule has 0 fully saturated rings. The van der Waals surface area contributed by atoms with Crippen LogP contribution in [0.25, 0.3) is 0 Å². The molecule has 1 N–H and O–H groups in total. The third-order valence-corrected chi connectivity index (χ3v) is 4.49. The van der Waals surface area contributed by atoms with Crippen LogP contribution < -0.4 is 5.32 Å². The molecule has 112 valence electrons. The third kappa shape index (κ3) is 3.62. The summed E-state index contributed by atoms with van der Waals surface area (Å²) in [6, 6.07) is 7.39. The minimum atomic E-state index is -0.432. The van der Waals surface area contributed by atoms with Crippen molar-refractivity contribution in [3.63, 3.8) is 0 Å². The Morgan fingerprint density at radius 2 is 1.90 bits per heavy atom. The fourth-order valence-electron chi connectivity index (χ4n) is 2.19. The summed E-state index contributed by atoms with van der Waals surface area (Å²) in [7, 11) is 0. The molecule has 0 amide bonds. The number of benzene rings is 2. The van der Waals surface area contributed by atoms with Crippen LogP contribution in [0.1, 0.15) is 29.7 Å². The van der Waals surface area contributed by atoms with E-state index in [4.69, 9.17) is 11.6 Å². The molecule has 0 saturated carbocycles. The fourth-order valence-corrected chi connectivity index (χ4v) is 2.70. The van der Waals surface area contributed by atoms with Crippen molar-refractivity contribution >= 4 is 27.5 Å². The van der Waals surface area contributed by atoms with Gasteiger partial charge < -0.3 is 5.32 Å². The van der Waals surface area contributed by atoms with Gasteiger partial charge in [0.1, 0.15) is 11.6 Å². The number of aryl methyl sites for hydroxylation is 1. The monoisotopic (exact) mass is 373 g/mol. The molecule has 1 nitrogen and oxygen atoms in total. The molecule has 21 heavy (non-hydrogen) atoms. The summed E-state index contributed by atoms with van der Waals surface area (Å²) in [6.07, 6.45) is 0. The van der Waals surface area contributed by atoms with E-state index in [2.05, 4.69) is 21.2 Å². The molecule has 1 atom stereocenters. The Hall–Kier alpha value is -0.970. The molecule has 0 aromatic heterocycles. The lowest BCUT2D eigenvalue weighted by Gasteiger charge is -2.20. The number of rotatable bonds is 4. The highest BCUT2D eigenvalue weighted by molar-refractivity contribution is 9.10. The molecule has 0 bridgehead atoms. The Morgan fingerprint density at radius 1 is 1.19 bits per heavy atom. The summed E-state index contributed by atoms with van der Waals surface area (Å²) in [4.78, 5) is 0. The van der Waals surface area contributed by atoms with E-state index in [0.29, 0.717) is 17.1 Å². The van der Waals surface area contributed by atoms with Crippen molar-refractivity contribution in [3.8, 4) is 0 Å². The summed E-state index contributed by atoms with van der Waals surface area (Å²) >= 11 is 9.34. The molecule has 2 aromatic rings. The van der Waals surface area contributed by atoms with Crippen LogP contribution in [0, 0.1) is 18.6 Å². The number of hydrogen-bond acceptors (Lipinski definition) is 1. The van der Waals surface area contributed by atoms with Crippen LogP contribution in [0.2, 0.25) is 5.02 Å². The molecule has 2 rings (SSSR count). The van der Waals surface area contributed by atoms with E-state index in [0.717, 1.165) is 10.0 Å². The lowest BCUT2D eigenvalue weighted by molar-refractivity contribution is 0.541. The molecule has 0 saturated heterocycles. The average Bonchev–Trinajstić information content (AvgIpc) is 2.44. The minimum absolute atomic E-state index is 0.286. The van der Waals surface area contributed by atoms with Crippen molar-refractivity contribution in [2.45, 2.75) is 19.9 Å². The number of halogens is 4. The third-order valence-electron chi connectivity index (χ3n) is 3.27. The number of nitrogens with one attached hydrogen (secondary N) is 1. The molecular weight excluding hydrogens is 360 g/mol. The maximum absolute atomic E-state index is 14.2. The van der Waals surface area contributed by atoms with Crippen molar-refractivity contribution in [3.05, 3.63) is 68.2 Å². The molecule has 5 heteroatoms. The Morgan fingerprint density at radius 3 is 2.52 bits per heavy atom. The van der Waals surface area contributed by atoms with Crippen molar-refractivity contribution < 1.29 is 8.78 Å². The molecule has 2 aromatic carbocycles. The van der Waals surface area contributed by atoms with Crippen molar-refractivity contribution in [2.75, 3.05) is 6.54 Å². The Labute approximate surface area is 136 Å². The maximum Gasteiger partial charge on any atom is 0.128 e. The van der Waals surface area contributed by atoms with Crippen molar-refractivity contribution in [1.29, 1.82) is 0 Å². The summed E-state index contributed by atoms with van der Waals surface area (Å²) in [5, 5.41) is 3.75. The van der Waals surface area contributed by atoms with Gasteiger partial charge in [0.15, 0.2) is 0 Å². The summed E-state index contributed by atoms with van der Waals surface area (Å²) in [6.45, 7) is 4.09. The zero-order valence-corrected chi connectivity index (χ0v) is 14.0. The van der Waals surface area contributed by atoms with Gasteiger partial charge in [-0.2, -0.15) is 0 Å². The van der Waals surface area contributed by atoms with Gasteiger partial charge >= 0.3 is 0 Å². The largest absolute Gasteiger partial charge is 0.306 e. The summed E-state index contributed by atoms with van der Waals surface area (Å²) in [5.74, 6) is -0.840. The second-order valence-corrected chi connectivity index (χ2v) is 6.05. The van der Waals surface area contributed by atoms with E-state index in [1.54, 1.807) is 19.1 Å². The van der Waals surface area contributed by atoms with Crippen LogP contribution in [-0.4, -0.2) is 6.54 Å². The lowest BCUT2D eigenvalue weighted by Crippen LogP contribution is -2.23. The van der Waals surface area contributed by atoms with Gasteiger partial charge in [0.25, 0.3) is 0 Å². The van der Waals surface area contributed by atoms with E-state index in [-0.39, 0.29) is 5.56 Å². The van der Waals surface area contributed by atoms with E-state index in [1.165, 1.54) is 12.1 Å². The van der Waals surface area contributed by atoms with Crippen LogP contribution in [0.5, 0.6) is 0 Å². The number of hydrogen-bond donors (Lipinski definition) is 1. The maximum atomic E-state index is 14.2. The summed E-state index contributed by atoms with van der Waals surface area (Å²) < 4.78 is 28.7. The van der Waals surface area contributed by atoms with Gasteiger partial charge in [0, 0.05) is 10.0 Å². The van der Waals surface area contributed by atoms with Gasteiger partial charge in [0.2, 0.25) is 0 Å². The van der Waals surface area contributed by atoms with Crippen LogP contribution in [0.4, 0.5) is 8.78 Å². The lowest BCUT2D eigenvalue weighted by atomic mass is 9.97. The highest BCUT2D eigenvalue weighted by Crippen LogP contribution is 2.31. The Bertz CT molecular complexity index is 661. The van der Waals surface area contributed by atoms with Crippen molar-refractivity contribution in [1.82, 2.24) is 5.32 Å². The second kappa shape index (κ2) is 6.86. The van der Waals surface area contributed by atoms with Crippen LogP contribution in [0.3, 0.4) is 0 Å². The van der Waals surface area contributed by atoms with Gasteiger partial charge in [-0.15, -0.1) is 0 Å². The molecule has 1 unspecified atom stereocenters. The predicted molar refractivity (Wildman–Crippen MR) is 85.8 cm³/mol. The first kappa shape index (κ1) is 16.4. The zero-order chi connectivity index (χ0) is 15.6. The van der Waals surface area contributed by atoms with E-state index in [1.807, 2.05) is 13.0 Å². The van der Waals surface area contributed by atoms with Gasteiger partial charge in [0.05, 0.1) is 11.1 Å². The van der Waals surface area contributed by atoms with Crippen LogP contribution >= 0.6 is 27.5 Å². The standard InChI is InChI=1S/C16H15BrClF2N/c1-3-21-16(10-4-5-13(18)12(17)7-10)11-8-14(19)9(2)6-15(11)20/h4-8,16,21H,3H2,1-2H3. The predicted octanol–water partition coefficient (Wildman–Crippen LogP) is 5.39. The smallest absolute Gasteiger partial charge is 0.128 e. The molecule has 0 spiro atoms. The fraction of sp³-hybridized carbons (Fsp3) is 0.250. The van der Waals surface area contributed by atoms with Gasteiger partial charge in [-0.05, 0) is 64.8 Å². The van der Waals surface area contributed by atoms with Gasteiger partial charge in [-0.1, -0.05) is 24.6 Å². The van der Waals surface area contributed by atoms with E-state index >= 15 is 0 Å². The first-order valence-corrected chi connectivity index (χ1v) is 7.75. The normalized spacial score (nSPS) is 12.5. The topological polar surface area (TPSA) is 12.0 Å². The van der Waals surface area contributed by atoms with E-state index in [9.17, 15) is 8.78 Å². The highest BCUT2D eigenvalue weighted by atomic mass is 79.9. The van der Waals surface area contributed by atoms with Gasteiger partial charge in [-0.3, -0.25) is 0 Å². The van der Waals surface area contributed by atoms with Crippen molar-refractivity contribution in [2.24, 2.45) is 0 Å². The minimum Gasteiger partial charge on any atom is -0.306 e. The first-order valence-electron chi connectivity index (χ1n) is 6.58. The highest BCUT2D eigenvalue weighted by Gasteiger charge is 2.19. The molecule has 0 aliphatic carbocycles. The average molecular weight is 375 g/mol. The zero-order valence-electron chi connectivity index (χ0n) is 11.7. The van der Waals surface area contributed by atoms with Gasteiger partial charge in [-0.25, -0.2) is 8.78 Å². The molecule has 0 heterocycles. The SMILES string of the molecule is CCNC(c1ccc(Cl)c(Br)c1)c1cc(F)c(C)cc1F. The Balaban J connectivity index is 2.52. The quantitative estimate of drug-likeness (QED) is 0.757. The molecule has 0 aliphatic rings. The molecule has 0 radical (unpaired) electrons. The van der Waals surface area contributed by atoms with Crippen LogP contribution in [0.15, 0.2) is 34.8 Å². The Kier molecular flexibility index (Phi) is 5.36. The molecular formula is C16H15BrClF2N. The molecule has 0 aliphatic heterocycles.